The Labute approximate surface area is 87.3 Å². The molecule has 13 heavy (non-hydrogen) atoms. The molecule has 1 saturated heterocycles. The van der Waals surface area contributed by atoms with Crippen molar-refractivity contribution in [3.05, 3.63) is 0 Å². The predicted octanol–water partition coefficient (Wildman–Crippen LogP) is 3.21. The molecule has 0 aromatic heterocycles. The van der Waals surface area contributed by atoms with E-state index in [2.05, 4.69) is 37.4 Å². The molecule has 0 amide bonds. The highest BCUT2D eigenvalue weighted by molar-refractivity contribution is 7.99. The molecule has 0 unspecified atom stereocenters. The van der Waals surface area contributed by atoms with Crippen LogP contribution in [0, 0.1) is 5.41 Å². The normalized spacial score (nSPS) is 19.6. The molecule has 1 heterocycles. The van der Waals surface area contributed by atoms with Crippen molar-refractivity contribution < 1.29 is 0 Å². The fourth-order valence-electron chi connectivity index (χ4n) is 1.62. The zero-order valence-corrected chi connectivity index (χ0v) is 10.1. The fourth-order valence-corrected chi connectivity index (χ4v) is 2.65. The Hall–Kier alpha value is 0.310. The summed E-state index contributed by atoms with van der Waals surface area (Å²) in [4.78, 5) is 2.58. The smallest absolute Gasteiger partial charge is 0.0445 e. The van der Waals surface area contributed by atoms with E-state index in [4.69, 9.17) is 0 Å². The molecule has 1 aliphatic heterocycles. The first-order valence-electron chi connectivity index (χ1n) is 5.38. The monoisotopic (exact) mass is 201 g/mol. The molecule has 1 nitrogen and oxygen atoms in total. The summed E-state index contributed by atoms with van der Waals surface area (Å²) in [5, 5.41) is 0. The van der Waals surface area contributed by atoms with Crippen molar-refractivity contribution in [2.24, 2.45) is 5.41 Å². The van der Waals surface area contributed by atoms with Crippen LogP contribution in [0.4, 0.5) is 0 Å². The van der Waals surface area contributed by atoms with Gasteiger partial charge in [-0.1, -0.05) is 27.2 Å². The quantitative estimate of drug-likeness (QED) is 0.643. The molecular weight excluding hydrogens is 178 g/mol. The predicted molar refractivity (Wildman–Crippen MR) is 62.2 cm³/mol. The number of hydrogen-bond acceptors (Lipinski definition) is 2. The van der Waals surface area contributed by atoms with E-state index >= 15 is 0 Å². The van der Waals surface area contributed by atoms with E-state index < -0.39 is 0 Å². The molecule has 1 fully saturated rings. The van der Waals surface area contributed by atoms with E-state index in [0.29, 0.717) is 5.41 Å². The summed E-state index contributed by atoms with van der Waals surface area (Å²) >= 11 is 2.07. The number of unbranched alkanes of at least 4 members (excludes halogenated alkanes) is 1. The number of rotatable bonds is 4. The highest BCUT2D eigenvalue weighted by atomic mass is 32.2. The molecule has 0 spiro atoms. The third kappa shape index (κ3) is 5.58. The van der Waals surface area contributed by atoms with Gasteiger partial charge in [0.2, 0.25) is 0 Å². The summed E-state index contributed by atoms with van der Waals surface area (Å²) < 4.78 is 0. The Bertz CT molecular complexity index is 134. The van der Waals surface area contributed by atoms with Crippen LogP contribution in [0.1, 0.15) is 40.0 Å². The van der Waals surface area contributed by atoms with Crippen molar-refractivity contribution in [3.63, 3.8) is 0 Å². The van der Waals surface area contributed by atoms with E-state index in [1.807, 2.05) is 0 Å². The summed E-state index contributed by atoms with van der Waals surface area (Å²) in [7, 11) is 0. The third-order valence-electron chi connectivity index (χ3n) is 2.48. The molecule has 2 heteroatoms. The maximum Gasteiger partial charge on any atom is 0.0445 e. The lowest BCUT2D eigenvalue weighted by Crippen LogP contribution is -2.20. The zero-order chi connectivity index (χ0) is 9.73. The maximum absolute atomic E-state index is 2.58. The standard InChI is InChI=1S/C11H23NS/c1-11(2,3)6-4-5-7-12-8-9-13-10-12/h4-10H2,1-3H3. The summed E-state index contributed by atoms with van der Waals surface area (Å²) in [6.07, 6.45) is 4.15. The minimum Gasteiger partial charge on any atom is -0.293 e. The molecule has 0 saturated carbocycles. The first-order chi connectivity index (χ1) is 6.08. The van der Waals surface area contributed by atoms with Gasteiger partial charge in [-0.2, -0.15) is 0 Å². The number of nitrogens with zero attached hydrogens (tertiary/aromatic N) is 1. The first kappa shape index (κ1) is 11.4. The van der Waals surface area contributed by atoms with Crippen LogP contribution in [0.25, 0.3) is 0 Å². The summed E-state index contributed by atoms with van der Waals surface area (Å²) in [5.74, 6) is 2.62. The van der Waals surface area contributed by atoms with Crippen molar-refractivity contribution in [2.75, 3.05) is 24.7 Å². The lowest BCUT2D eigenvalue weighted by Gasteiger charge is -2.19. The van der Waals surface area contributed by atoms with Gasteiger partial charge in [0.05, 0.1) is 0 Å². The molecule has 78 valence electrons. The Balaban J connectivity index is 1.94. The van der Waals surface area contributed by atoms with Crippen LogP contribution in [0.5, 0.6) is 0 Å². The van der Waals surface area contributed by atoms with Gasteiger partial charge in [-0.05, 0) is 24.8 Å². The van der Waals surface area contributed by atoms with E-state index in [9.17, 15) is 0 Å². The highest BCUT2D eigenvalue weighted by Gasteiger charge is 2.12. The average molecular weight is 201 g/mol. The summed E-state index contributed by atoms with van der Waals surface area (Å²) in [6.45, 7) is 9.64. The van der Waals surface area contributed by atoms with Gasteiger partial charge in [-0.25, -0.2) is 0 Å². The first-order valence-corrected chi connectivity index (χ1v) is 6.53. The Morgan fingerprint density at radius 2 is 2.00 bits per heavy atom. The molecule has 0 aliphatic carbocycles. The van der Waals surface area contributed by atoms with Gasteiger partial charge < -0.3 is 0 Å². The van der Waals surface area contributed by atoms with Gasteiger partial charge in [0.15, 0.2) is 0 Å². The second-order valence-corrected chi connectivity index (χ2v) is 6.25. The lowest BCUT2D eigenvalue weighted by molar-refractivity contribution is 0.314. The second-order valence-electron chi connectivity index (χ2n) is 5.17. The minimum absolute atomic E-state index is 0.528. The van der Waals surface area contributed by atoms with E-state index in [1.165, 1.54) is 44.0 Å². The number of hydrogen-bond donors (Lipinski definition) is 0. The van der Waals surface area contributed by atoms with E-state index in [1.54, 1.807) is 0 Å². The Morgan fingerprint density at radius 1 is 1.23 bits per heavy atom. The van der Waals surface area contributed by atoms with E-state index in [-0.39, 0.29) is 0 Å². The van der Waals surface area contributed by atoms with Gasteiger partial charge in [0.25, 0.3) is 0 Å². The maximum atomic E-state index is 2.58. The molecule has 0 aromatic rings. The van der Waals surface area contributed by atoms with Crippen LogP contribution in [0.3, 0.4) is 0 Å². The zero-order valence-electron chi connectivity index (χ0n) is 9.31. The largest absolute Gasteiger partial charge is 0.293 e. The van der Waals surface area contributed by atoms with Crippen molar-refractivity contribution >= 4 is 11.8 Å². The van der Waals surface area contributed by atoms with Gasteiger partial charge in [0, 0.05) is 18.2 Å². The van der Waals surface area contributed by atoms with Crippen LogP contribution < -0.4 is 0 Å². The summed E-state index contributed by atoms with van der Waals surface area (Å²) in [6, 6.07) is 0. The fraction of sp³-hybridized carbons (Fsp3) is 1.00. The SMILES string of the molecule is CC(C)(C)CCCCN1CCSC1. The van der Waals surface area contributed by atoms with E-state index in [0.717, 1.165) is 0 Å². The van der Waals surface area contributed by atoms with Gasteiger partial charge in [0.1, 0.15) is 0 Å². The van der Waals surface area contributed by atoms with Crippen LogP contribution in [-0.4, -0.2) is 29.6 Å². The van der Waals surface area contributed by atoms with Crippen molar-refractivity contribution in [2.45, 2.75) is 40.0 Å². The molecule has 0 N–H and O–H groups in total. The minimum atomic E-state index is 0.528. The van der Waals surface area contributed by atoms with Gasteiger partial charge in [-0.3, -0.25) is 4.90 Å². The van der Waals surface area contributed by atoms with Crippen molar-refractivity contribution in [1.82, 2.24) is 4.90 Å². The van der Waals surface area contributed by atoms with Crippen LogP contribution in [0.2, 0.25) is 0 Å². The lowest BCUT2D eigenvalue weighted by atomic mass is 9.90. The molecular formula is C11H23NS. The molecule has 1 rings (SSSR count). The Kier molecular flexibility index (Phi) is 4.60. The van der Waals surface area contributed by atoms with Gasteiger partial charge in [-0.15, -0.1) is 11.8 Å². The third-order valence-corrected chi connectivity index (χ3v) is 3.50. The molecule has 0 radical (unpaired) electrons. The van der Waals surface area contributed by atoms with Crippen LogP contribution in [0.15, 0.2) is 0 Å². The average Bonchev–Trinajstić information content (AvgIpc) is 2.48. The summed E-state index contributed by atoms with van der Waals surface area (Å²) in [5.41, 5.74) is 0.528. The highest BCUT2D eigenvalue weighted by Crippen LogP contribution is 2.22. The Morgan fingerprint density at radius 3 is 2.54 bits per heavy atom. The van der Waals surface area contributed by atoms with Gasteiger partial charge >= 0.3 is 0 Å². The second kappa shape index (κ2) is 5.26. The number of thioether (sulfide) groups is 1. The molecule has 0 bridgehead atoms. The van der Waals surface area contributed by atoms with Crippen molar-refractivity contribution in [1.29, 1.82) is 0 Å². The topological polar surface area (TPSA) is 3.24 Å². The molecule has 0 aromatic carbocycles. The van der Waals surface area contributed by atoms with Crippen LogP contribution >= 0.6 is 11.8 Å². The van der Waals surface area contributed by atoms with Crippen molar-refractivity contribution in [3.8, 4) is 0 Å². The molecule has 1 aliphatic rings. The van der Waals surface area contributed by atoms with Crippen LogP contribution in [-0.2, 0) is 0 Å². The molecule has 0 atom stereocenters.